The van der Waals surface area contributed by atoms with Crippen LogP contribution in [0.3, 0.4) is 0 Å². The van der Waals surface area contributed by atoms with Gasteiger partial charge in [-0.3, -0.25) is 0 Å². The van der Waals surface area contributed by atoms with Crippen LogP contribution in [0.1, 0.15) is 43.5 Å². The van der Waals surface area contributed by atoms with Gasteiger partial charge in [0.1, 0.15) is 11.6 Å². The predicted molar refractivity (Wildman–Crippen MR) is 79.1 cm³/mol. The largest absolute Gasteiger partial charge is 0.508 e. The van der Waals surface area contributed by atoms with E-state index in [-0.39, 0.29) is 23.7 Å². The zero-order valence-electron chi connectivity index (χ0n) is 11.8. The summed E-state index contributed by atoms with van der Waals surface area (Å²) >= 11 is 0. The zero-order valence-corrected chi connectivity index (χ0v) is 11.8. The third-order valence-corrected chi connectivity index (χ3v) is 3.52. The molecule has 0 radical (unpaired) electrons. The fourth-order valence-corrected chi connectivity index (χ4v) is 2.31. The van der Waals surface area contributed by atoms with Gasteiger partial charge in [0.05, 0.1) is 0 Å². The molecule has 0 bridgehead atoms. The Kier molecular flexibility index (Phi) is 4.74. The number of halogens is 1. The van der Waals surface area contributed by atoms with Crippen molar-refractivity contribution in [3.8, 4) is 5.75 Å². The Morgan fingerprint density at radius 3 is 2.10 bits per heavy atom. The van der Waals surface area contributed by atoms with Crippen LogP contribution in [0.2, 0.25) is 0 Å². The summed E-state index contributed by atoms with van der Waals surface area (Å²) in [5.41, 5.74) is 2.20. The first-order valence-corrected chi connectivity index (χ1v) is 6.90. The lowest BCUT2D eigenvalue weighted by molar-refractivity contribution is 0.452. The molecule has 2 atom stereocenters. The molecular formula is C17H20FNO. The second-order valence-electron chi connectivity index (χ2n) is 4.99. The second kappa shape index (κ2) is 6.53. The Labute approximate surface area is 119 Å². The fraction of sp³-hybridized carbons (Fsp3) is 0.294. The second-order valence-corrected chi connectivity index (χ2v) is 4.99. The molecule has 2 aromatic rings. The smallest absolute Gasteiger partial charge is 0.123 e. The molecule has 0 aromatic heterocycles. The third kappa shape index (κ3) is 3.58. The first kappa shape index (κ1) is 14.5. The van der Waals surface area contributed by atoms with Crippen LogP contribution in [0.15, 0.2) is 48.5 Å². The Morgan fingerprint density at radius 1 is 1.00 bits per heavy atom. The van der Waals surface area contributed by atoms with Gasteiger partial charge in [0, 0.05) is 12.1 Å². The van der Waals surface area contributed by atoms with E-state index in [0.717, 1.165) is 17.5 Å². The molecule has 0 heterocycles. The van der Waals surface area contributed by atoms with Crippen LogP contribution in [0, 0.1) is 5.82 Å². The van der Waals surface area contributed by atoms with Crippen LogP contribution in [-0.2, 0) is 0 Å². The van der Waals surface area contributed by atoms with Gasteiger partial charge in [0.2, 0.25) is 0 Å². The van der Waals surface area contributed by atoms with Crippen LogP contribution in [0.4, 0.5) is 4.39 Å². The number of aromatic hydroxyl groups is 1. The van der Waals surface area contributed by atoms with Crippen molar-refractivity contribution < 1.29 is 9.50 Å². The topological polar surface area (TPSA) is 32.3 Å². The van der Waals surface area contributed by atoms with Gasteiger partial charge < -0.3 is 10.4 Å². The van der Waals surface area contributed by atoms with E-state index in [4.69, 9.17) is 0 Å². The summed E-state index contributed by atoms with van der Waals surface area (Å²) < 4.78 is 12.9. The van der Waals surface area contributed by atoms with Gasteiger partial charge in [-0.2, -0.15) is 0 Å². The van der Waals surface area contributed by atoms with Gasteiger partial charge in [0.15, 0.2) is 0 Å². The van der Waals surface area contributed by atoms with Gasteiger partial charge in [-0.05, 0) is 48.7 Å². The number of phenols is 1. The molecule has 20 heavy (non-hydrogen) atoms. The van der Waals surface area contributed by atoms with E-state index in [0.29, 0.717) is 0 Å². The molecule has 3 heteroatoms. The molecule has 0 saturated carbocycles. The summed E-state index contributed by atoms with van der Waals surface area (Å²) in [5, 5.41) is 12.9. The standard InChI is InChI=1S/C17H20FNO/c1-3-17(14-6-10-16(20)11-7-14)19-12(2)13-4-8-15(18)9-5-13/h4-12,17,19-20H,3H2,1-2H3/t12-,17?/m0/s1. The van der Waals surface area contributed by atoms with Crippen LogP contribution in [0.5, 0.6) is 5.75 Å². The minimum absolute atomic E-state index is 0.134. The molecule has 0 saturated heterocycles. The summed E-state index contributed by atoms with van der Waals surface area (Å²) in [4.78, 5) is 0. The highest BCUT2D eigenvalue weighted by atomic mass is 19.1. The molecule has 0 fully saturated rings. The number of hydrogen-bond donors (Lipinski definition) is 2. The molecule has 2 aromatic carbocycles. The maximum atomic E-state index is 12.9. The average molecular weight is 273 g/mol. The fourth-order valence-electron chi connectivity index (χ4n) is 2.31. The lowest BCUT2D eigenvalue weighted by Crippen LogP contribution is -2.24. The molecule has 2 N–H and O–H groups in total. The first-order chi connectivity index (χ1) is 9.60. The van der Waals surface area contributed by atoms with Gasteiger partial charge in [-0.1, -0.05) is 31.2 Å². The van der Waals surface area contributed by atoms with Gasteiger partial charge in [-0.25, -0.2) is 4.39 Å². The van der Waals surface area contributed by atoms with Crippen molar-refractivity contribution in [1.82, 2.24) is 5.32 Å². The predicted octanol–water partition coefficient (Wildman–Crippen LogP) is 4.33. The van der Waals surface area contributed by atoms with Crippen LogP contribution in [0.25, 0.3) is 0 Å². The van der Waals surface area contributed by atoms with E-state index < -0.39 is 0 Å². The van der Waals surface area contributed by atoms with Gasteiger partial charge in [0.25, 0.3) is 0 Å². The molecule has 0 amide bonds. The van der Waals surface area contributed by atoms with E-state index in [9.17, 15) is 9.50 Å². The van der Waals surface area contributed by atoms with E-state index in [1.165, 1.54) is 12.1 Å². The summed E-state index contributed by atoms with van der Waals surface area (Å²) in [6.07, 6.45) is 0.941. The van der Waals surface area contributed by atoms with Crippen molar-refractivity contribution >= 4 is 0 Å². The molecule has 106 valence electrons. The SMILES string of the molecule is CCC(N[C@@H](C)c1ccc(F)cc1)c1ccc(O)cc1. The Bertz CT molecular complexity index is 536. The van der Waals surface area contributed by atoms with Crippen molar-refractivity contribution in [2.75, 3.05) is 0 Å². The number of phenolic OH excluding ortho intramolecular Hbond substituents is 1. The van der Waals surface area contributed by atoms with E-state index in [1.54, 1.807) is 24.3 Å². The Morgan fingerprint density at radius 2 is 1.55 bits per heavy atom. The quantitative estimate of drug-likeness (QED) is 0.849. The van der Waals surface area contributed by atoms with Crippen LogP contribution < -0.4 is 5.32 Å². The van der Waals surface area contributed by atoms with E-state index in [1.807, 2.05) is 12.1 Å². The molecule has 1 unspecified atom stereocenters. The Balaban J connectivity index is 2.09. The van der Waals surface area contributed by atoms with Crippen molar-refractivity contribution in [2.24, 2.45) is 0 Å². The van der Waals surface area contributed by atoms with Crippen molar-refractivity contribution in [1.29, 1.82) is 0 Å². The highest BCUT2D eigenvalue weighted by Crippen LogP contribution is 2.23. The lowest BCUT2D eigenvalue weighted by atomic mass is 10.0. The highest BCUT2D eigenvalue weighted by molar-refractivity contribution is 5.28. The van der Waals surface area contributed by atoms with Gasteiger partial charge in [-0.15, -0.1) is 0 Å². The summed E-state index contributed by atoms with van der Waals surface area (Å²) in [6.45, 7) is 4.18. The maximum Gasteiger partial charge on any atom is 0.123 e. The Hall–Kier alpha value is -1.87. The third-order valence-electron chi connectivity index (χ3n) is 3.52. The number of nitrogens with one attached hydrogen (secondary N) is 1. The van der Waals surface area contributed by atoms with Crippen molar-refractivity contribution in [3.05, 3.63) is 65.5 Å². The van der Waals surface area contributed by atoms with E-state index >= 15 is 0 Å². The first-order valence-electron chi connectivity index (χ1n) is 6.90. The molecule has 0 aliphatic heterocycles. The highest BCUT2D eigenvalue weighted by Gasteiger charge is 2.13. The summed E-state index contributed by atoms with van der Waals surface area (Å²) in [6, 6.07) is 14.1. The van der Waals surface area contributed by atoms with Gasteiger partial charge >= 0.3 is 0 Å². The van der Waals surface area contributed by atoms with Crippen LogP contribution >= 0.6 is 0 Å². The van der Waals surface area contributed by atoms with Crippen molar-refractivity contribution in [2.45, 2.75) is 32.4 Å². The molecule has 2 rings (SSSR count). The lowest BCUT2D eigenvalue weighted by Gasteiger charge is -2.23. The maximum absolute atomic E-state index is 12.9. The molecule has 2 nitrogen and oxygen atoms in total. The zero-order chi connectivity index (χ0) is 14.5. The number of hydrogen-bond acceptors (Lipinski definition) is 2. The van der Waals surface area contributed by atoms with E-state index in [2.05, 4.69) is 19.2 Å². The van der Waals surface area contributed by atoms with Crippen LogP contribution in [-0.4, -0.2) is 5.11 Å². The molecule has 0 aliphatic carbocycles. The molecule has 0 aliphatic rings. The average Bonchev–Trinajstić information content (AvgIpc) is 2.46. The number of benzene rings is 2. The monoisotopic (exact) mass is 273 g/mol. The molecular weight excluding hydrogens is 253 g/mol. The summed E-state index contributed by atoms with van der Waals surface area (Å²) in [7, 11) is 0. The normalized spacial score (nSPS) is 13.9. The minimum atomic E-state index is -0.216. The minimum Gasteiger partial charge on any atom is -0.508 e. The molecule has 0 spiro atoms. The van der Waals surface area contributed by atoms with Crippen molar-refractivity contribution in [3.63, 3.8) is 0 Å². The summed E-state index contributed by atoms with van der Waals surface area (Å²) in [5.74, 6) is 0.0571. The number of rotatable bonds is 5.